The number of ether oxygens (including phenoxy) is 2. The summed E-state index contributed by atoms with van der Waals surface area (Å²) >= 11 is 1.60. The first-order valence-electron chi connectivity index (χ1n) is 8.72. The number of hydrogen-bond acceptors (Lipinski definition) is 5. The first kappa shape index (κ1) is 18.9. The molecule has 3 rings (SSSR count). The molecule has 0 aliphatic rings. The van der Waals surface area contributed by atoms with Gasteiger partial charge in [0.05, 0.1) is 17.2 Å². The van der Waals surface area contributed by atoms with Gasteiger partial charge in [0.25, 0.3) is 5.91 Å². The fourth-order valence-corrected chi connectivity index (χ4v) is 3.00. The molecule has 0 bridgehead atoms. The van der Waals surface area contributed by atoms with Gasteiger partial charge in [0.1, 0.15) is 24.7 Å². The Morgan fingerprint density at radius 2 is 1.67 bits per heavy atom. The van der Waals surface area contributed by atoms with Crippen molar-refractivity contribution in [3.05, 3.63) is 75.7 Å². The molecule has 0 atom stereocenters. The van der Waals surface area contributed by atoms with E-state index in [1.165, 1.54) is 5.56 Å². The molecule has 3 aromatic rings. The minimum absolute atomic E-state index is 0.135. The van der Waals surface area contributed by atoms with E-state index >= 15 is 0 Å². The number of hydrogen-bond donors (Lipinski definition) is 1. The molecular formula is C21H22N2O3S. The van der Waals surface area contributed by atoms with E-state index in [0.29, 0.717) is 31.1 Å². The van der Waals surface area contributed by atoms with Gasteiger partial charge in [0.2, 0.25) is 0 Å². The van der Waals surface area contributed by atoms with Crippen LogP contribution in [0.4, 0.5) is 0 Å². The number of amides is 1. The molecule has 0 saturated carbocycles. The largest absolute Gasteiger partial charge is 0.492 e. The predicted octanol–water partition coefficient (Wildman–Crippen LogP) is 4.15. The highest BCUT2D eigenvalue weighted by Gasteiger charge is 2.06. The number of aromatic nitrogens is 1. The molecule has 5 nitrogen and oxygen atoms in total. The summed E-state index contributed by atoms with van der Waals surface area (Å²) in [4.78, 5) is 16.5. The second-order valence-electron chi connectivity index (χ2n) is 6.09. The Bertz CT molecular complexity index is 873. The van der Waals surface area contributed by atoms with Crippen molar-refractivity contribution >= 4 is 17.2 Å². The number of carbonyl (C=O) groups excluding carboxylic acids is 1. The van der Waals surface area contributed by atoms with E-state index in [0.717, 1.165) is 16.5 Å². The van der Waals surface area contributed by atoms with Crippen LogP contribution in [0.25, 0.3) is 0 Å². The summed E-state index contributed by atoms with van der Waals surface area (Å²) in [5.41, 5.74) is 2.68. The van der Waals surface area contributed by atoms with Crippen molar-refractivity contribution in [2.75, 3.05) is 13.2 Å². The molecule has 0 unspecified atom stereocenters. The summed E-state index contributed by atoms with van der Waals surface area (Å²) in [6.07, 6.45) is 0. The molecule has 0 spiro atoms. The van der Waals surface area contributed by atoms with Crippen molar-refractivity contribution in [3.63, 3.8) is 0 Å². The molecule has 27 heavy (non-hydrogen) atoms. The first-order chi connectivity index (χ1) is 13.1. The van der Waals surface area contributed by atoms with Crippen molar-refractivity contribution in [3.8, 4) is 11.5 Å². The molecule has 0 saturated heterocycles. The van der Waals surface area contributed by atoms with Gasteiger partial charge in [0, 0.05) is 10.9 Å². The molecule has 1 N–H and O–H groups in total. The zero-order chi connectivity index (χ0) is 19.1. The third kappa shape index (κ3) is 5.82. The van der Waals surface area contributed by atoms with Crippen molar-refractivity contribution in [1.29, 1.82) is 0 Å². The lowest BCUT2D eigenvalue weighted by atomic mass is 10.2. The standard InChI is InChI=1S/C21H22N2O3S/c1-15-3-7-19(8-4-15)25-12-11-22-21(24)17-5-9-20(10-6-17)26-13-18-14-27-16(2)23-18/h3-10,14H,11-13H2,1-2H3,(H,22,24). The van der Waals surface area contributed by atoms with Gasteiger partial charge in [-0.15, -0.1) is 11.3 Å². The predicted molar refractivity (Wildman–Crippen MR) is 107 cm³/mol. The van der Waals surface area contributed by atoms with Gasteiger partial charge in [-0.25, -0.2) is 4.98 Å². The Balaban J connectivity index is 1.41. The highest BCUT2D eigenvalue weighted by molar-refractivity contribution is 7.09. The molecular weight excluding hydrogens is 360 g/mol. The summed E-state index contributed by atoms with van der Waals surface area (Å²) in [6.45, 7) is 5.27. The minimum atomic E-state index is -0.135. The smallest absolute Gasteiger partial charge is 0.251 e. The molecule has 1 aromatic heterocycles. The molecule has 1 amide bonds. The number of thiazole rings is 1. The van der Waals surface area contributed by atoms with E-state index < -0.39 is 0 Å². The molecule has 0 radical (unpaired) electrons. The van der Waals surface area contributed by atoms with Gasteiger partial charge in [-0.3, -0.25) is 4.79 Å². The normalized spacial score (nSPS) is 10.4. The molecule has 2 aromatic carbocycles. The number of nitrogens with zero attached hydrogens (tertiary/aromatic N) is 1. The number of nitrogens with one attached hydrogen (secondary N) is 1. The van der Waals surface area contributed by atoms with Crippen LogP contribution in [-0.2, 0) is 6.61 Å². The molecule has 6 heteroatoms. The van der Waals surface area contributed by atoms with E-state index in [1.807, 2.05) is 43.5 Å². The van der Waals surface area contributed by atoms with Crippen LogP contribution < -0.4 is 14.8 Å². The first-order valence-corrected chi connectivity index (χ1v) is 9.59. The van der Waals surface area contributed by atoms with Crippen LogP contribution in [0.5, 0.6) is 11.5 Å². The summed E-state index contributed by atoms with van der Waals surface area (Å²) in [5, 5.41) is 5.85. The van der Waals surface area contributed by atoms with E-state index in [9.17, 15) is 4.79 Å². The van der Waals surface area contributed by atoms with Crippen LogP contribution in [0.15, 0.2) is 53.9 Å². The van der Waals surface area contributed by atoms with E-state index in [2.05, 4.69) is 10.3 Å². The van der Waals surface area contributed by atoms with Crippen LogP contribution in [0.1, 0.15) is 26.6 Å². The van der Waals surface area contributed by atoms with Gasteiger partial charge in [-0.1, -0.05) is 17.7 Å². The summed E-state index contributed by atoms with van der Waals surface area (Å²) in [7, 11) is 0. The third-order valence-corrected chi connectivity index (χ3v) is 4.67. The molecule has 0 fully saturated rings. The average molecular weight is 382 g/mol. The maximum atomic E-state index is 12.2. The Morgan fingerprint density at radius 1 is 1.00 bits per heavy atom. The topological polar surface area (TPSA) is 60.5 Å². The fraction of sp³-hybridized carbons (Fsp3) is 0.238. The lowest BCUT2D eigenvalue weighted by Gasteiger charge is -2.09. The monoisotopic (exact) mass is 382 g/mol. The highest BCUT2D eigenvalue weighted by Crippen LogP contribution is 2.15. The van der Waals surface area contributed by atoms with Crippen LogP contribution in [0.2, 0.25) is 0 Å². The van der Waals surface area contributed by atoms with Gasteiger partial charge < -0.3 is 14.8 Å². The summed E-state index contributed by atoms with van der Waals surface area (Å²) in [6, 6.07) is 14.9. The summed E-state index contributed by atoms with van der Waals surface area (Å²) < 4.78 is 11.3. The number of benzene rings is 2. The average Bonchev–Trinajstić information content (AvgIpc) is 3.10. The van der Waals surface area contributed by atoms with E-state index in [-0.39, 0.29) is 5.91 Å². The zero-order valence-electron chi connectivity index (χ0n) is 15.4. The van der Waals surface area contributed by atoms with Gasteiger partial charge >= 0.3 is 0 Å². The molecule has 0 aliphatic carbocycles. The highest BCUT2D eigenvalue weighted by atomic mass is 32.1. The number of rotatable bonds is 8. The van der Waals surface area contributed by atoms with E-state index in [4.69, 9.17) is 9.47 Å². The zero-order valence-corrected chi connectivity index (χ0v) is 16.2. The van der Waals surface area contributed by atoms with E-state index in [1.54, 1.807) is 35.6 Å². The number of aryl methyl sites for hydroxylation is 2. The Labute approximate surface area is 163 Å². The third-order valence-electron chi connectivity index (χ3n) is 3.85. The molecule has 1 heterocycles. The number of carbonyl (C=O) groups is 1. The van der Waals surface area contributed by atoms with Crippen LogP contribution >= 0.6 is 11.3 Å². The van der Waals surface area contributed by atoms with Crippen LogP contribution in [0, 0.1) is 13.8 Å². The summed E-state index contributed by atoms with van der Waals surface area (Å²) in [5.74, 6) is 1.37. The second kappa shape index (κ2) is 9.19. The second-order valence-corrected chi connectivity index (χ2v) is 7.15. The maximum absolute atomic E-state index is 12.2. The van der Waals surface area contributed by atoms with Crippen molar-refractivity contribution in [1.82, 2.24) is 10.3 Å². The lowest BCUT2D eigenvalue weighted by Crippen LogP contribution is -2.28. The van der Waals surface area contributed by atoms with Crippen molar-refractivity contribution < 1.29 is 14.3 Å². The van der Waals surface area contributed by atoms with Gasteiger partial charge in [-0.05, 0) is 50.2 Å². The Hall–Kier alpha value is -2.86. The Kier molecular flexibility index (Phi) is 6.44. The quantitative estimate of drug-likeness (QED) is 0.595. The maximum Gasteiger partial charge on any atom is 0.251 e. The minimum Gasteiger partial charge on any atom is -0.492 e. The van der Waals surface area contributed by atoms with Crippen LogP contribution in [0.3, 0.4) is 0 Å². The van der Waals surface area contributed by atoms with Crippen molar-refractivity contribution in [2.45, 2.75) is 20.5 Å². The fourth-order valence-electron chi connectivity index (χ4n) is 2.40. The van der Waals surface area contributed by atoms with Crippen LogP contribution in [-0.4, -0.2) is 24.0 Å². The molecule has 140 valence electrons. The van der Waals surface area contributed by atoms with Gasteiger partial charge in [-0.2, -0.15) is 0 Å². The van der Waals surface area contributed by atoms with Gasteiger partial charge in [0.15, 0.2) is 0 Å². The lowest BCUT2D eigenvalue weighted by molar-refractivity contribution is 0.0947. The van der Waals surface area contributed by atoms with Crippen molar-refractivity contribution in [2.24, 2.45) is 0 Å². The SMILES string of the molecule is Cc1ccc(OCCNC(=O)c2ccc(OCc3csc(C)n3)cc2)cc1. The Morgan fingerprint density at radius 3 is 2.33 bits per heavy atom. The molecule has 0 aliphatic heterocycles.